The van der Waals surface area contributed by atoms with Crippen LogP contribution in [0, 0.1) is 5.82 Å². The molecule has 0 amide bonds. The van der Waals surface area contributed by atoms with E-state index in [-0.39, 0.29) is 17.2 Å². The minimum absolute atomic E-state index is 0.0846. The maximum Gasteiger partial charge on any atom is 0.350 e. The number of carbonyl (C=O) groups is 2. The van der Waals surface area contributed by atoms with Crippen molar-refractivity contribution in [2.75, 3.05) is 6.61 Å². The van der Waals surface area contributed by atoms with Crippen LogP contribution < -0.4 is 11.2 Å². The second-order valence-corrected chi connectivity index (χ2v) is 7.32. The summed E-state index contributed by atoms with van der Waals surface area (Å²) in [4.78, 5) is 49.7. The fraction of sp³-hybridized carbons (Fsp3) is 0.400. The summed E-state index contributed by atoms with van der Waals surface area (Å²) in [5.74, 6) is -2.81. The Bertz CT molecular complexity index is 1120. The summed E-state index contributed by atoms with van der Waals surface area (Å²) < 4.78 is 26.4. The van der Waals surface area contributed by atoms with Crippen molar-refractivity contribution in [2.24, 2.45) is 7.05 Å². The topological polar surface area (TPSA) is 96.6 Å². The Morgan fingerprint density at radius 2 is 1.80 bits per heavy atom. The third-order valence-corrected chi connectivity index (χ3v) is 4.71. The highest BCUT2D eigenvalue weighted by Crippen LogP contribution is 2.25. The second kappa shape index (κ2) is 8.83. The molecule has 0 N–H and O–H groups in total. The molecule has 0 aliphatic rings. The first kappa shape index (κ1) is 23.3. The van der Waals surface area contributed by atoms with Crippen LogP contribution in [0.2, 0.25) is 5.02 Å². The first-order valence-corrected chi connectivity index (χ1v) is 9.54. The number of aromatic nitrogens is 2. The zero-order chi connectivity index (χ0) is 22.8. The van der Waals surface area contributed by atoms with Crippen molar-refractivity contribution in [3.05, 3.63) is 61.1 Å². The van der Waals surface area contributed by atoms with Crippen molar-refractivity contribution in [1.82, 2.24) is 9.13 Å². The van der Waals surface area contributed by atoms with Gasteiger partial charge in [-0.1, -0.05) is 18.5 Å². The molecule has 10 heteroatoms. The molecule has 0 aliphatic heterocycles. The van der Waals surface area contributed by atoms with Crippen molar-refractivity contribution >= 4 is 23.5 Å². The van der Waals surface area contributed by atoms with Crippen LogP contribution in [-0.4, -0.2) is 33.3 Å². The Labute approximate surface area is 176 Å². The molecule has 1 aromatic heterocycles. The molecule has 0 radical (unpaired) electrons. The molecule has 8 nitrogen and oxygen atoms in total. The molecule has 2 rings (SSSR count). The number of hydrogen-bond acceptors (Lipinski definition) is 6. The molecule has 2 aromatic rings. The molecule has 0 atom stereocenters. The Morgan fingerprint density at radius 1 is 1.17 bits per heavy atom. The number of benzene rings is 1. The second-order valence-electron chi connectivity index (χ2n) is 6.91. The van der Waals surface area contributed by atoms with E-state index in [1.165, 1.54) is 31.5 Å². The number of nitrogens with zero attached hydrogens (tertiary/aromatic N) is 2. The van der Waals surface area contributed by atoms with Crippen LogP contribution in [0.4, 0.5) is 4.39 Å². The molecule has 0 aliphatic carbocycles. The number of ether oxygens (including phenoxy) is 2. The number of hydrogen-bond donors (Lipinski definition) is 0. The summed E-state index contributed by atoms with van der Waals surface area (Å²) in [6, 6.07) is 2.94. The van der Waals surface area contributed by atoms with E-state index >= 15 is 0 Å². The Morgan fingerprint density at radius 3 is 2.37 bits per heavy atom. The molecule has 1 aromatic carbocycles. The lowest BCUT2D eigenvalue weighted by Crippen LogP contribution is -2.40. The highest BCUT2D eigenvalue weighted by molar-refractivity contribution is 6.33. The first-order chi connectivity index (χ1) is 13.9. The van der Waals surface area contributed by atoms with Crippen molar-refractivity contribution in [3.63, 3.8) is 0 Å². The minimum atomic E-state index is -1.64. The summed E-state index contributed by atoms with van der Waals surface area (Å²) in [6.07, 6.45) is 0.422. The van der Waals surface area contributed by atoms with Gasteiger partial charge >= 0.3 is 17.6 Å². The van der Waals surface area contributed by atoms with Gasteiger partial charge in [0.15, 0.2) is 0 Å². The van der Waals surface area contributed by atoms with Gasteiger partial charge in [0.25, 0.3) is 5.56 Å². The van der Waals surface area contributed by atoms with Crippen LogP contribution in [0.3, 0.4) is 0 Å². The van der Waals surface area contributed by atoms with Gasteiger partial charge in [-0.05, 0) is 39.3 Å². The largest absolute Gasteiger partial charge is 0.463 e. The molecular formula is C20H22ClFN2O6. The van der Waals surface area contributed by atoms with Gasteiger partial charge < -0.3 is 14.0 Å². The molecule has 0 unspecified atom stereocenters. The van der Waals surface area contributed by atoms with Crippen molar-refractivity contribution in [3.8, 4) is 5.69 Å². The zero-order valence-corrected chi connectivity index (χ0v) is 18.0. The normalized spacial score (nSPS) is 11.3. The van der Waals surface area contributed by atoms with E-state index in [9.17, 15) is 23.6 Å². The molecular weight excluding hydrogens is 419 g/mol. The molecule has 30 heavy (non-hydrogen) atoms. The quantitative estimate of drug-likeness (QED) is 0.640. The van der Waals surface area contributed by atoms with Crippen molar-refractivity contribution in [1.29, 1.82) is 0 Å². The van der Waals surface area contributed by atoms with Crippen LogP contribution in [0.5, 0.6) is 0 Å². The molecule has 0 saturated carbocycles. The van der Waals surface area contributed by atoms with E-state index in [1.54, 1.807) is 13.8 Å². The van der Waals surface area contributed by atoms with E-state index in [1.807, 2.05) is 0 Å². The van der Waals surface area contributed by atoms with Gasteiger partial charge in [-0.3, -0.25) is 4.79 Å². The highest BCUT2D eigenvalue weighted by Gasteiger charge is 2.35. The summed E-state index contributed by atoms with van der Waals surface area (Å²) in [6.45, 7) is 6.10. The van der Waals surface area contributed by atoms with Gasteiger partial charge in [-0.2, -0.15) is 0 Å². The van der Waals surface area contributed by atoms with Crippen LogP contribution in [0.15, 0.2) is 27.8 Å². The lowest BCUT2D eigenvalue weighted by Gasteiger charge is -2.23. The van der Waals surface area contributed by atoms with Gasteiger partial charge in [0.2, 0.25) is 5.60 Å². The van der Waals surface area contributed by atoms with E-state index in [2.05, 4.69) is 0 Å². The van der Waals surface area contributed by atoms with Gasteiger partial charge in [-0.25, -0.2) is 23.3 Å². The standard InChI is InChI=1S/C20H22ClFN2O6/c1-6-11-8-16(25)24(19(28)23(11)5)15-9-12(13(21)10-14(15)22)17(26)30-20(3,4)18(27)29-7-2/h8-10H,6-7H2,1-5H3. The van der Waals surface area contributed by atoms with E-state index < -0.39 is 40.3 Å². The number of rotatable bonds is 6. The van der Waals surface area contributed by atoms with Gasteiger partial charge in [0.05, 0.1) is 22.9 Å². The first-order valence-electron chi connectivity index (χ1n) is 9.16. The highest BCUT2D eigenvalue weighted by atomic mass is 35.5. The van der Waals surface area contributed by atoms with Gasteiger partial charge in [0, 0.05) is 18.8 Å². The maximum absolute atomic E-state index is 14.6. The minimum Gasteiger partial charge on any atom is -0.463 e. The molecule has 0 fully saturated rings. The van der Waals surface area contributed by atoms with E-state index in [0.717, 1.165) is 12.1 Å². The predicted octanol–water partition coefficient (Wildman–Crippen LogP) is 2.39. The number of carbonyl (C=O) groups excluding carboxylic acids is 2. The van der Waals surface area contributed by atoms with Crippen LogP contribution in [-0.2, 0) is 27.7 Å². The lowest BCUT2D eigenvalue weighted by atomic mass is 10.1. The summed E-state index contributed by atoms with van der Waals surface area (Å²) in [5, 5.41) is -0.309. The predicted molar refractivity (Wildman–Crippen MR) is 108 cm³/mol. The molecule has 0 spiro atoms. The fourth-order valence-electron chi connectivity index (χ4n) is 2.73. The third kappa shape index (κ3) is 4.46. The van der Waals surface area contributed by atoms with Crippen LogP contribution >= 0.6 is 11.6 Å². The Kier molecular flexibility index (Phi) is 6.87. The Balaban J connectivity index is 2.59. The Hall–Kier alpha value is -2.94. The molecule has 0 bridgehead atoms. The lowest BCUT2D eigenvalue weighted by molar-refractivity contribution is -0.161. The monoisotopic (exact) mass is 440 g/mol. The summed E-state index contributed by atoms with van der Waals surface area (Å²) in [7, 11) is 1.45. The van der Waals surface area contributed by atoms with Gasteiger partial charge in [0.1, 0.15) is 5.82 Å². The molecule has 1 heterocycles. The average Bonchev–Trinajstić information content (AvgIpc) is 2.65. The van der Waals surface area contributed by atoms with Gasteiger partial charge in [-0.15, -0.1) is 0 Å². The number of esters is 2. The maximum atomic E-state index is 14.6. The van der Waals surface area contributed by atoms with Crippen molar-refractivity contribution < 1.29 is 23.5 Å². The summed E-state index contributed by atoms with van der Waals surface area (Å²) in [5.41, 5.74) is -3.51. The third-order valence-electron chi connectivity index (χ3n) is 4.39. The van der Waals surface area contributed by atoms with E-state index in [4.69, 9.17) is 21.1 Å². The van der Waals surface area contributed by atoms with Crippen molar-refractivity contribution in [2.45, 2.75) is 39.7 Å². The van der Waals surface area contributed by atoms with Crippen LogP contribution in [0.1, 0.15) is 43.7 Å². The SMILES string of the molecule is CCOC(=O)C(C)(C)OC(=O)c1cc(-n2c(=O)cc(CC)n(C)c2=O)c(F)cc1Cl. The summed E-state index contributed by atoms with van der Waals surface area (Å²) >= 11 is 5.98. The number of halogens is 2. The fourth-order valence-corrected chi connectivity index (χ4v) is 2.96. The average molecular weight is 441 g/mol. The molecule has 162 valence electrons. The number of aryl methyl sites for hydroxylation is 1. The molecule has 0 saturated heterocycles. The zero-order valence-electron chi connectivity index (χ0n) is 17.2. The van der Waals surface area contributed by atoms with E-state index in [0.29, 0.717) is 16.7 Å². The smallest absolute Gasteiger partial charge is 0.350 e. The van der Waals surface area contributed by atoms with Crippen LogP contribution in [0.25, 0.3) is 5.69 Å².